The molecule has 0 spiro atoms. The molecule has 0 aromatic heterocycles. The van der Waals surface area contributed by atoms with Crippen molar-refractivity contribution in [2.75, 3.05) is 10.8 Å². The number of carbonyl (C=O) groups excluding carboxylic acids is 2. The highest BCUT2D eigenvalue weighted by Crippen LogP contribution is 2.34. The lowest BCUT2D eigenvalue weighted by molar-refractivity contribution is -0.139. The number of nitrogens with one attached hydrogen (secondary N) is 1. The van der Waals surface area contributed by atoms with Gasteiger partial charge in [-0.2, -0.15) is 13.2 Å². The second-order valence-corrected chi connectivity index (χ2v) is 12.1. The van der Waals surface area contributed by atoms with Gasteiger partial charge in [-0.25, -0.2) is 8.42 Å². The Morgan fingerprint density at radius 3 is 2.05 bits per heavy atom. The quantitative estimate of drug-likeness (QED) is 0.291. The second kappa shape index (κ2) is 13.1. The van der Waals surface area contributed by atoms with Gasteiger partial charge in [0, 0.05) is 28.2 Å². The van der Waals surface area contributed by atoms with Crippen molar-refractivity contribution in [3.05, 3.63) is 94.0 Å². The van der Waals surface area contributed by atoms with Gasteiger partial charge in [0.15, 0.2) is 0 Å². The monoisotopic (exact) mass is 629 g/mol. The SMILES string of the molecule is CC(C)NC(=O)[C@H](C)N(Cc1c(Cl)cccc1Cl)C(=O)CN(c1cccc(C(F)(F)F)c1)S(=O)(=O)c1ccccc1. The molecule has 0 aliphatic heterocycles. The van der Waals surface area contributed by atoms with Crippen molar-refractivity contribution in [3.8, 4) is 0 Å². The van der Waals surface area contributed by atoms with Crippen LogP contribution in [0.2, 0.25) is 10.0 Å². The Kier molecular flexibility index (Phi) is 10.3. The van der Waals surface area contributed by atoms with Crippen molar-refractivity contribution in [2.24, 2.45) is 0 Å². The van der Waals surface area contributed by atoms with Gasteiger partial charge in [-0.1, -0.05) is 53.5 Å². The fourth-order valence-electron chi connectivity index (χ4n) is 3.93. The fourth-order valence-corrected chi connectivity index (χ4v) is 5.87. The van der Waals surface area contributed by atoms with Gasteiger partial charge in [0.2, 0.25) is 11.8 Å². The third-order valence-corrected chi connectivity index (χ3v) is 8.56. The second-order valence-electron chi connectivity index (χ2n) is 9.43. The van der Waals surface area contributed by atoms with Crippen LogP contribution in [0.15, 0.2) is 77.7 Å². The van der Waals surface area contributed by atoms with Gasteiger partial charge in [-0.05, 0) is 63.2 Å². The van der Waals surface area contributed by atoms with Gasteiger partial charge in [0.25, 0.3) is 10.0 Å². The van der Waals surface area contributed by atoms with E-state index >= 15 is 0 Å². The van der Waals surface area contributed by atoms with Crippen molar-refractivity contribution in [1.82, 2.24) is 10.2 Å². The maximum absolute atomic E-state index is 13.9. The lowest BCUT2D eigenvalue weighted by Crippen LogP contribution is -2.52. The van der Waals surface area contributed by atoms with E-state index in [1.165, 1.54) is 31.2 Å². The zero-order valence-corrected chi connectivity index (χ0v) is 24.7. The number of benzene rings is 3. The minimum atomic E-state index is -4.77. The number of anilines is 1. The summed E-state index contributed by atoms with van der Waals surface area (Å²) in [5.74, 6) is -1.41. The summed E-state index contributed by atoms with van der Waals surface area (Å²) >= 11 is 12.7. The van der Waals surface area contributed by atoms with Crippen LogP contribution in [0.1, 0.15) is 31.9 Å². The van der Waals surface area contributed by atoms with E-state index in [2.05, 4.69) is 5.32 Å². The van der Waals surface area contributed by atoms with Crippen LogP contribution in [0.5, 0.6) is 0 Å². The van der Waals surface area contributed by atoms with Crippen molar-refractivity contribution in [2.45, 2.75) is 50.5 Å². The summed E-state index contributed by atoms with van der Waals surface area (Å²) in [7, 11) is -4.53. The van der Waals surface area contributed by atoms with Crippen molar-refractivity contribution in [1.29, 1.82) is 0 Å². The zero-order chi connectivity index (χ0) is 30.5. The van der Waals surface area contributed by atoms with Gasteiger partial charge in [0.05, 0.1) is 16.1 Å². The lowest BCUT2D eigenvalue weighted by Gasteiger charge is -2.32. The van der Waals surface area contributed by atoms with Crippen LogP contribution in [0, 0.1) is 0 Å². The highest BCUT2D eigenvalue weighted by molar-refractivity contribution is 7.92. The normalized spacial score (nSPS) is 12.6. The van der Waals surface area contributed by atoms with Crippen LogP contribution in [0.25, 0.3) is 0 Å². The molecule has 3 aromatic carbocycles. The molecule has 0 fully saturated rings. The number of hydrogen-bond donors (Lipinski definition) is 1. The van der Waals surface area contributed by atoms with Gasteiger partial charge in [-0.3, -0.25) is 13.9 Å². The van der Waals surface area contributed by atoms with Gasteiger partial charge < -0.3 is 10.2 Å². The Labute approximate surface area is 246 Å². The summed E-state index contributed by atoms with van der Waals surface area (Å²) in [5.41, 5.74) is -1.17. The van der Waals surface area contributed by atoms with E-state index < -0.39 is 46.2 Å². The predicted octanol–water partition coefficient (Wildman–Crippen LogP) is 6.15. The molecular weight excluding hydrogens is 602 g/mol. The summed E-state index contributed by atoms with van der Waals surface area (Å²) in [5, 5.41) is 3.12. The molecule has 1 N–H and O–H groups in total. The molecule has 0 aliphatic rings. The summed E-state index contributed by atoms with van der Waals surface area (Å²) in [6.07, 6.45) is -4.77. The molecule has 3 rings (SSSR count). The maximum Gasteiger partial charge on any atom is 0.416 e. The van der Waals surface area contributed by atoms with Gasteiger partial charge >= 0.3 is 6.18 Å². The molecule has 3 aromatic rings. The van der Waals surface area contributed by atoms with Crippen LogP contribution in [-0.4, -0.2) is 43.8 Å². The number of rotatable bonds is 10. The average molecular weight is 631 g/mol. The first-order chi connectivity index (χ1) is 19.1. The molecule has 0 saturated carbocycles. The molecule has 0 saturated heterocycles. The molecule has 0 unspecified atom stereocenters. The number of nitrogens with zero attached hydrogens (tertiary/aromatic N) is 2. The Morgan fingerprint density at radius 1 is 0.902 bits per heavy atom. The standard InChI is InChI=1S/C28H28Cl2F3N3O4S/c1-18(2)34-27(38)19(3)35(16-23-24(29)13-8-14-25(23)30)26(37)17-36(41(39,40)22-11-5-4-6-12-22)21-10-7-9-20(15-21)28(31,32)33/h4-15,18-19H,16-17H2,1-3H3,(H,34,38)/t19-/m0/s1. The Bertz CT molecular complexity index is 1480. The minimum Gasteiger partial charge on any atom is -0.352 e. The van der Waals surface area contributed by atoms with Crippen LogP contribution < -0.4 is 9.62 Å². The first-order valence-electron chi connectivity index (χ1n) is 12.4. The number of carbonyl (C=O) groups is 2. The van der Waals surface area contributed by atoms with Crippen molar-refractivity contribution < 1.29 is 31.2 Å². The topological polar surface area (TPSA) is 86.8 Å². The zero-order valence-electron chi connectivity index (χ0n) is 22.3. The third kappa shape index (κ3) is 7.93. The molecule has 0 bridgehead atoms. The Hall–Kier alpha value is -3.28. The number of halogens is 5. The van der Waals surface area contributed by atoms with E-state index in [4.69, 9.17) is 23.2 Å². The minimum absolute atomic E-state index is 0.207. The molecule has 0 radical (unpaired) electrons. The molecule has 0 heterocycles. The van der Waals surface area contributed by atoms with Crippen molar-refractivity contribution >= 4 is 50.7 Å². The first kappa shape index (κ1) is 32.2. The molecule has 7 nitrogen and oxygen atoms in total. The maximum atomic E-state index is 13.9. The molecule has 220 valence electrons. The van der Waals surface area contributed by atoms with Crippen LogP contribution in [0.3, 0.4) is 0 Å². The van der Waals surface area contributed by atoms with E-state index in [9.17, 15) is 31.2 Å². The smallest absolute Gasteiger partial charge is 0.352 e. The number of hydrogen-bond acceptors (Lipinski definition) is 4. The first-order valence-corrected chi connectivity index (χ1v) is 14.6. The molecule has 0 aliphatic carbocycles. The third-order valence-electron chi connectivity index (χ3n) is 6.06. The van der Waals surface area contributed by atoms with E-state index in [-0.39, 0.29) is 33.2 Å². The summed E-state index contributed by atoms with van der Waals surface area (Å²) in [6.45, 7) is 3.71. The number of amides is 2. The summed E-state index contributed by atoms with van der Waals surface area (Å²) in [6, 6.07) is 13.9. The average Bonchev–Trinajstić information content (AvgIpc) is 2.90. The van der Waals surface area contributed by atoms with Crippen LogP contribution >= 0.6 is 23.2 Å². The molecule has 2 amide bonds. The summed E-state index contributed by atoms with van der Waals surface area (Å²) < 4.78 is 68.7. The van der Waals surface area contributed by atoms with E-state index in [1.54, 1.807) is 38.1 Å². The molecule has 1 atom stereocenters. The number of alkyl halides is 3. The number of sulfonamides is 1. The van der Waals surface area contributed by atoms with Crippen LogP contribution in [-0.2, 0) is 32.3 Å². The van der Waals surface area contributed by atoms with E-state index in [0.717, 1.165) is 23.1 Å². The van der Waals surface area contributed by atoms with E-state index in [0.29, 0.717) is 15.9 Å². The van der Waals surface area contributed by atoms with Gasteiger partial charge in [-0.15, -0.1) is 0 Å². The van der Waals surface area contributed by atoms with Crippen LogP contribution in [0.4, 0.5) is 18.9 Å². The largest absolute Gasteiger partial charge is 0.416 e. The van der Waals surface area contributed by atoms with Gasteiger partial charge in [0.1, 0.15) is 12.6 Å². The molecule has 13 heteroatoms. The van der Waals surface area contributed by atoms with E-state index in [1.807, 2.05) is 0 Å². The predicted molar refractivity (Wildman–Crippen MR) is 152 cm³/mol. The Balaban J connectivity index is 2.12. The molecule has 41 heavy (non-hydrogen) atoms. The fraction of sp³-hybridized carbons (Fsp3) is 0.286. The highest BCUT2D eigenvalue weighted by atomic mass is 35.5. The van der Waals surface area contributed by atoms with Crippen molar-refractivity contribution in [3.63, 3.8) is 0 Å². The molecular formula is C28H28Cl2F3N3O4S. The highest BCUT2D eigenvalue weighted by Gasteiger charge is 2.35. The summed E-state index contributed by atoms with van der Waals surface area (Å²) in [4.78, 5) is 27.7. The lowest BCUT2D eigenvalue weighted by atomic mass is 10.1. The Morgan fingerprint density at radius 2 is 1.49 bits per heavy atom.